The Hall–Kier alpha value is 0.170. The largest absolute Gasteiger partial charge is 1.00 e. The second-order valence-electron chi connectivity index (χ2n) is 1.81. The fourth-order valence-electron chi connectivity index (χ4n) is 0.424. The molecule has 0 amide bonds. The van der Waals surface area contributed by atoms with Gasteiger partial charge in [-0.25, -0.2) is 0 Å². The van der Waals surface area contributed by atoms with Crippen molar-refractivity contribution < 1.29 is 27.6 Å². The zero-order chi connectivity index (χ0) is 5.91. The van der Waals surface area contributed by atoms with Gasteiger partial charge in [-0.3, -0.25) is 0 Å². The number of halogens is 1. The van der Waals surface area contributed by atoms with Crippen molar-refractivity contribution >= 4 is 0 Å². The molecule has 0 saturated heterocycles. The van der Waals surface area contributed by atoms with Gasteiger partial charge < -0.3 is 12.4 Å². The van der Waals surface area contributed by atoms with E-state index in [1.807, 2.05) is 6.92 Å². The van der Waals surface area contributed by atoms with Crippen molar-refractivity contribution in [3.8, 4) is 0 Å². The smallest absolute Gasteiger partial charge is 0.141 e. The van der Waals surface area contributed by atoms with Gasteiger partial charge in [-0.05, 0) is 6.42 Å². The number of quaternary nitrogens is 1. The second-order valence-corrected chi connectivity index (χ2v) is 1.81. The van der Waals surface area contributed by atoms with Crippen LogP contribution in [0.3, 0.4) is 0 Å². The van der Waals surface area contributed by atoms with Crippen molar-refractivity contribution in [3.63, 3.8) is 0 Å². The lowest BCUT2D eigenvalue weighted by atomic mass is 10.5. The van der Waals surface area contributed by atoms with Gasteiger partial charge in [0.25, 0.3) is 0 Å². The monoisotopic (exact) mass is 141 g/mol. The van der Waals surface area contributed by atoms with E-state index in [0.717, 1.165) is 6.42 Å². The summed E-state index contributed by atoms with van der Waals surface area (Å²) in [5.41, 5.74) is 0. The first-order valence-corrected chi connectivity index (χ1v) is 2.37. The first-order valence-electron chi connectivity index (χ1n) is 2.37. The molecule has 3 nitrogen and oxygen atoms in total. The Labute approximate surface area is 55.5 Å². The Morgan fingerprint density at radius 3 is 1.75 bits per heavy atom. The van der Waals surface area contributed by atoms with Crippen LogP contribution in [0.1, 0.15) is 13.3 Å². The van der Waals surface area contributed by atoms with Crippen molar-refractivity contribution in [1.82, 2.24) is 0 Å². The first kappa shape index (κ1) is 11.0. The van der Waals surface area contributed by atoms with Gasteiger partial charge in [0.05, 0.1) is 0 Å². The highest BCUT2D eigenvalue weighted by Gasteiger charge is 2.09. The molecule has 0 bridgehead atoms. The van der Waals surface area contributed by atoms with Gasteiger partial charge in [0, 0.05) is 0 Å². The van der Waals surface area contributed by atoms with Gasteiger partial charge in [0.2, 0.25) is 0 Å². The summed E-state index contributed by atoms with van der Waals surface area (Å²) in [6, 6.07) is 0. The number of hydroxylamine groups is 4. The van der Waals surface area contributed by atoms with Crippen LogP contribution in [0.25, 0.3) is 0 Å². The van der Waals surface area contributed by atoms with Gasteiger partial charge in [-0.1, -0.05) is 11.7 Å². The summed E-state index contributed by atoms with van der Waals surface area (Å²) >= 11 is 0. The Morgan fingerprint density at radius 1 is 1.38 bits per heavy atom. The lowest BCUT2D eigenvalue weighted by molar-refractivity contribution is -1.23. The Bertz CT molecular complexity index is 52.5. The van der Waals surface area contributed by atoms with Gasteiger partial charge in [0.1, 0.15) is 13.6 Å². The third-order valence-electron chi connectivity index (χ3n) is 0.647. The van der Waals surface area contributed by atoms with Crippen LogP contribution in [0, 0.1) is 0 Å². The number of hydrogen-bond acceptors (Lipinski definition) is 2. The van der Waals surface area contributed by atoms with Crippen LogP contribution < -0.4 is 12.4 Å². The minimum Gasteiger partial charge on any atom is -1.00 e. The summed E-state index contributed by atoms with van der Waals surface area (Å²) in [6.07, 6.45) is 0.781. The van der Waals surface area contributed by atoms with Crippen LogP contribution in [-0.2, 0) is 0 Å². The number of hydrogen-bond donors (Lipinski definition) is 2. The van der Waals surface area contributed by atoms with Crippen LogP contribution in [0.2, 0.25) is 0 Å². The molecule has 52 valence electrons. The summed E-state index contributed by atoms with van der Waals surface area (Å²) in [4.78, 5) is -0.906. The SMILES string of the molecule is CCC[N+](C)(O)O.[Cl-]. The fraction of sp³-hybridized carbons (Fsp3) is 1.00. The molecule has 0 radical (unpaired) electrons. The molecule has 0 unspecified atom stereocenters. The average molecular weight is 142 g/mol. The number of nitrogens with zero attached hydrogens (tertiary/aromatic N) is 1. The fourth-order valence-corrected chi connectivity index (χ4v) is 0.424. The molecular formula is C4H12ClNO2. The Balaban J connectivity index is 0. The minimum absolute atomic E-state index is 0. The molecule has 0 atom stereocenters. The van der Waals surface area contributed by atoms with Crippen LogP contribution in [0.15, 0.2) is 0 Å². The van der Waals surface area contributed by atoms with E-state index >= 15 is 0 Å². The van der Waals surface area contributed by atoms with E-state index in [1.165, 1.54) is 7.05 Å². The molecule has 0 spiro atoms. The summed E-state index contributed by atoms with van der Waals surface area (Å²) < 4.78 is 0. The third kappa shape index (κ3) is 9.48. The number of rotatable bonds is 2. The molecule has 0 aromatic heterocycles. The molecule has 4 heteroatoms. The van der Waals surface area contributed by atoms with E-state index in [2.05, 4.69) is 0 Å². The van der Waals surface area contributed by atoms with Crippen molar-refractivity contribution in [2.75, 3.05) is 13.6 Å². The molecule has 0 aliphatic carbocycles. The normalized spacial score (nSPS) is 10.5. The lowest BCUT2D eigenvalue weighted by Gasteiger charge is -2.12. The predicted octanol–water partition coefficient (Wildman–Crippen LogP) is -2.37. The quantitative estimate of drug-likeness (QED) is 0.333. The zero-order valence-electron chi connectivity index (χ0n) is 5.13. The molecule has 8 heavy (non-hydrogen) atoms. The Morgan fingerprint density at radius 2 is 1.75 bits per heavy atom. The molecular weight excluding hydrogens is 130 g/mol. The maximum Gasteiger partial charge on any atom is 0.141 e. The maximum atomic E-state index is 8.51. The average Bonchev–Trinajstić information content (AvgIpc) is 1.30. The summed E-state index contributed by atoms with van der Waals surface area (Å²) in [5, 5.41) is 17.0. The third-order valence-corrected chi connectivity index (χ3v) is 0.647. The van der Waals surface area contributed by atoms with Crippen molar-refractivity contribution in [1.29, 1.82) is 0 Å². The van der Waals surface area contributed by atoms with E-state index in [1.54, 1.807) is 0 Å². The maximum absolute atomic E-state index is 8.51. The summed E-state index contributed by atoms with van der Waals surface area (Å²) in [5.74, 6) is 0. The molecule has 0 fully saturated rings. The van der Waals surface area contributed by atoms with Gasteiger partial charge in [-0.2, -0.15) is 10.4 Å². The van der Waals surface area contributed by atoms with E-state index in [4.69, 9.17) is 10.4 Å². The molecule has 0 heterocycles. The highest BCUT2D eigenvalue weighted by atomic mass is 35.5. The van der Waals surface area contributed by atoms with Gasteiger partial charge in [0.15, 0.2) is 0 Å². The summed E-state index contributed by atoms with van der Waals surface area (Å²) in [7, 11) is 1.32. The van der Waals surface area contributed by atoms with Crippen LogP contribution in [0.5, 0.6) is 0 Å². The highest BCUT2D eigenvalue weighted by molar-refractivity contribution is 4.13. The second kappa shape index (κ2) is 4.09. The van der Waals surface area contributed by atoms with Crippen LogP contribution >= 0.6 is 0 Å². The molecule has 0 aliphatic heterocycles. The zero-order valence-corrected chi connectivity index (χ0v) is 5.89. The van der Waals surface area contributed by atoms with E-state index in [9.17, 15) is 0 Å². The molecule has 0 saturated carbocycles. The molecule has 2 N–H and O–H groups in total. The first-order chi connectivity index (χ1) is 3.06. The van der Waals surface area contributed by atoms with E-state index in [0.29, 0.717) is 6.54 Å². The highest BCUT2D eigenvalue weighted by Crippen LogP contribution is 1.88. The Kier molecular flexibility index (Phi) is 5.64. The van der Waals surface area contributed by atoms with Gasteiger partial charge >= 0.3 is 0 Å². The van der Waals surface area contributed by atoms with Crippen molar-refractivity contribution in [3.05, 3.63) is 0 Å². The van der Waals surface area contributed by atoms with E-state index in [-0.39, 0.29) is 12.4 Å². The van der Waals surface area contributed by atoms with E-state index < -0.39 is 4.81 Å². The van der Waals surface area contributed by atoms with Crippen LogP contribution in [-0.4, -0.2) is 28.8 Å². The van der Waals surface area contributed by atoms with Gasteiger partial charge in [-0.15, -0.1) is 0 Å². The topological polar surface area (TPSA) is 40.5 Å². The predicted molar refractivity (Wildman–Crippen MR) is 24.9 cm³/mol. The molecule has 0 rings (SSSR count). The molecule has 0 aromatic rings. The standard InChI is InChI=1S/C4H12NO2.ClH/c1-3-4-5(2,6)7;/h6-7H,3-4H2,1-2H3;1H/q+1;/p-1. The van der Waals surface area contributed by atoms with Crippen LogP contribution in [0.4, 0.5) is 0 Å². The molecule has 0 aliphatic rings. The minimum atomic E-state index is -0.906. The van der Waals surface area contributed by atoms with Crippen molar-refractivity contribution in [2.45, 2.75) is 13.3 Å². The summed E-state index contributed by atoms with van der Waals surface area (Å²) in [6.45, 7) is 2.28. The molecule has 0 aromatic carbocycles. The van der Waals surface area contributed by atoms with Crippen molar-refractivity contribution in [2.24, 2.45) is 0 Å². The lowest BCUT2D eigenvalue weighted by Crippen LogP contribution is -3.00.